The molecule has 0 rings (SSSR count). The molecule has 0 aliphatic rings. The van der Waals surface area contributed by atoms with Gasteiger partial charge < -0.3 is 0 Å². The molecule has 3 heteroatoms. The molecule has 0 heterocycles. The summed E-state index contributed by atoms with van der Waals surface area (Å²) in [7, 11) is 0. The molecule has 76 valence electrons. The van der Waals surface area contributed by atoms with Gasteiger partial charge in [0, 0.05) is 11.9 Å². The van der Waals surface area contributed by atoms with Gasteiger partial charge in [0.1, 0.15) is 0 Å². The fourth-order valence-corrected chi connectivity index (χ4v) is 0.791. The van der Waals surface area contributed by atoms with Crippen molar-refractivity contribution in [3.05, 3.63) is 37.2 Å². The van der Waals surface area contributed by atoms with Crippen LogP contribution >= 0.6 is 0 Å². The third kappa shape index (κ3) is 5.09. The number of allylic oxidation sites excluding steroid dienone is 3. The summed E-state index contributed by atoms with van der Waals surface area (Å²) in [4.78, 5) is 4.32. The summed E-state index contributed by atoms with van der Waals surface area (Å²) in [6.07, 6.45) is 5.02. The molecule has 0 radical (unpaired) electrons. The number of aliphatic imine (C=N–C) groups is 1. The zero-order valence-electron chi connectivity index (χ0n) is 9.04. The van der Waals surface area contributed by atoms with E-state index >= 15 is 0 Å². The van der Waals surface area contributed by atoms with Gasteiger partial charge in [0.05, 0.1) is 11.4 Å². The van der Waals surface area contributed by atoms with Gasteiger partial charge in [-0.1, -0.05) is 19.2 Å². The fraction of sp³-hybridized carbons (Fsp3) is 0.273. The normalized spacial score (nSPS) is 11.9. The molecule has 0 saturated heterocycles. The molecule has 0 bridgehead atoms. The molecule has 0 aromatic heterocycles. The van der Waals surface area contributed by atoms with E-state index in [2.05, 4.69) is 28.7 Å². The summed E-state index contributed by atoms with van der Waals surface area (Å²) in [5.74, 6) is 0. The standard InChI is InChI=1S/C11H17N3/c1-6-8-11(13-9(3)4)10(5)14-12-7-2/h6-8,12H,1-2H2,3-5H3/b11-8-,14-10+. The van der Waals surface area contributed by atoms with Gasteiger partial charge in [-0.3, -0.25) is 10.4 Å². The Kier molecular flexibility index (Phi) is 6.03. The molecule has 0 saturated carbocycles. The lowest BCUT2D eigenvalue weighted by Crippen LogP contribution is -2.03. The zero-order valence-corrected chi connectivity index (χ0v) is 9.04. The SMILES string of the molecule is C=C/C=C(N=C(C)C)/C(C)=N/NC=C. The van der Waals surface area contributed by atoms with Crippen LogP contribution < -0.4 is 5.43 Å². The lowest BCUT2D eigenvalue weighted by Gasteiger charge is -2.01. The molecule has 0 amide bonds. The second kappa shape index (κ2) is 6.83. The third-order valence-electron chi connectivity index (χ3n) is 1.31. The second-order valence-corrected chi connectivity index (χ2v) is 2.88. The highest BCUT2D eigenvalue weighted by Gasteiger charge is 1.97. The first-order valence-electron chi connectivity index (χ1n) is 4.37. The number of nitrogens with one attached hydrogen (secondary N) is 1. The van der Waals surface area contributed by atoms with Gasteiger partial charge in [-0.05, 0) is 26.8 Å². The summed E-state index contributed by atoms with van der Waals surface area (Å²) in [5.41, 5.74) is 5.24. The molecular weight excluding hydrogens is 174 g/mol. The lowest BCUT2D eigenvalue weighted by molar-refractivity contribution is 0.967. The summed E-state index contributed by atoms with van der Waals surface area (Å²) < 4.78 is 0. The van der Waals surface area contributed by atoms with Crippen LogP contribution in [0.15, 0.2) is 47.3 Å². The van der Waals surface area contributed by atoms with E-state index in [4.69, 9.17) is 0 Å². The van der Waals surface area contributed by atoms with Crippen molar-refractivity contribution in [3.63, 3.8) is 0 Å². The quantitative estimate of drug-likeness (QED) is 0.405. The Morgan fingerprint density at radius 2 is 1.86 bits per heavy atom. The van der Waals surface area contributed by atoms with Crippen LogP contribution in [0.4, 0.5) is 0 Å². The summed E-state index contributed by atoms with van der Waals surface area (Å²) in [6, 6.07) is 0. The summed E-state index contributed by atoms with van der Waals surface area (Å²) in [6.45, 7) is 12.9. The minimum absolute atomic E-state index is 0.797. The van der Waals surface area contributed by atoms with Gasteiger partial charge in [-0.2, -0.15) is 5.10 Å². The zero-order chi connectivity index (χ0) is 11.0. The molecular formula is C11H17N3. The van der Waals surface area contributed by atoms with Gasteiger partial charge in [-0.25, -0.2) is 0 Å². The maximum Gasteiger partial charge on any atom is 0.0858 e. The highest BCUT2D eigenvalue weighted by molar-refractivity contribution is 6.00. The molecule has 0 aliphatic carbocycles. The number of hydrogen-bond acceptors (Lipinski definition) is 3. The summed E-state index contributed by atoms with van der Waals surface area (Å²) >= 11 is 0. The lowest BCUT2D eigenvalue weighted by atomic mass is 10.3. The Morgan fingerprint density at radius 3 is 2.29 bits per heavy atom. The number of nitrogens with zero attached hydrogens (tertiary/aromatic N) is 2. The van der Waals surface area contributed by atoms with E-state index in [9.17, 15) is 0 Å². The molecule has 0 atom stereocenters. The van der Waals surface area contributed by atoms with Crippen LogP contribution in [0, 0.1) is 0 Å². The maximum absolute atomic E-state index is 4.32. The van der Waals surface area contributed by atoms with E-state index < -0.39 is 0 Å². The van der Waals surface area contributed by atoms with Crippen LogP contribution in [0.1, 0.15) is 20.8 Å². The highest BCUT2D eigenvalue weighted by atomic mass is 15.3. The third-order valence-corrected chi connectivity index (χ3v) is 1.31. The first kappa shape index (κ1) is 12.4. The summed E-state index contributed by atoms with van der Waals surface area (Å²) in [5, 5.41) is 4.04. The van der Waals surface area contributed by atoms with E-state index in [0.29, 0.717) is 0 Å². The van der Waals surface area contributed by atoms with Gasteiger partial charge >= 0.3 is 0 Å². The minimum Gasteiger partial charge on any atom is -0.286 e. The average Bonchev–Trinajstić information content (AvgIpc) is 2.13. The van der Waals surface area contributed by atoms with Crippen molar-refractivity contribution in [1.29, 1.82) is 0 Å². The van der Waals surface area contributed by atoms with E-state index in [-0.39, 0.29) is 0 Å². The number of rotatable bonds is 5. The Balaban J connectivity index is 4.84. The van der Waals surface area contributed by atoms with Crippen molar-refractivity contribution in [2.45, 2.75) is 20.8 Å². The Labute approximate surface area is 85.6 Å². The van der Waals surface area contributed by atoms with E-state index in [1.165, 1.54) is 6.20 Å². The molecule has 0 unspecified atom stereocenters. The van der Waals surface area contributed by atoms with Crippen molar-refractivity contribution < 1.29 is 0 Å². The Hall–Kier alpha value is -1.64. The van der Waals surface area contributed by atoms with Crippen LogP contribution in [0.3, 0.4) is 0 Å². The molecule has 14 heavy (non-hydrogen) atoms. The van der Waals surface area contributed by atoms with Crippen molar-refractivity contribution in [2.24, 2.45) is 10.1 Å². The first-order valence-corrected chi connectivity index (χ1v) is 4.37. The maximum atomic E-state index is 4.32. The van der Waals surface area contributed by atoms with E-state index in [1.807, 2.05) is 26.8 Å². The van der Waals surface area contributed by atoms with Crippen LogP contribution in [-0.4, -0.2) is 11.4 Å². The van der Waals surface area contributed by atoms with Crippen LogP contribution in [0.2, 0.25) is 0 Å². The van der Waals surface area contributed by atoms with Crippen LogP contribution in [0.25, 0.3) is 0 Å². The molecule has 0 fully saturated rings. The molecule has 1 N–H and O–H groups in total. The van der Waals surface area contributed by atoms with Crippen molar-refractivity contribution in [3.8, 4) is 0 Å². The van der Waals surface area contributed by atoms with Crippen LogP contribution in [0.5, 0.6) is 0 Å². The van der Waals surface area contributed by atoms with Crippen molar-refractivity contribution >= 4 is 11.4 Å². The molecule has 0 aromatic carbocycles. The van der Waals surface area contributed by atoms with E-state index in [0.717, 1.165) is 17.1 Å². The molecule has 0 aromatic rings. The molecule has 3 nitrogen and oxygen atoms in total. The van der Waals surface area contributed by atoms with Gasteiger partial charge in [-0.15, -0.1) is 0 Å². The first-order chi connectivity index (χ1) is 6.61. The average molecular weight is 191 g/mol. The number of hydrazone groups is 1. The predicted octanol–water partition coefficient (Wildman–Crippen LogP) is 2.65. The number of hydrogen-bond donors (Lipinski definition) is 1. The Bertz CT molecular complexity index is 292. The monoisotopic (exact) mass is 191 g/mol. The largest absolute Gasteiger partial charge is 0.286 e. The van der Waals surface area contributed by atoms with Gasteiger partial charge in [0.25, 0.3) is 0 Å². The fourth-order valence-electron chi connectivity index (χ4n) is 0.791. The molecule has 0 spiro atoms. The van der Waals surface area contributed by atoms with E-state index in [1.54, 1.807) is 6.08 Å². The van der Waals surface area contributed by atoms with Gasteiger partial charge in [0.15, 0.2) is 0 Å². The van der Waals surface area contributed by atoms with Crippen molar-refractivity contribution in [1.82, 2.24) is 5.43 Å². The van der Waals surface area contributed by atoms with Gasteiger partial charge in [0.2, 0.25) is 0 Å². The Morgan fingerprint density at radius 1 is 1.21 bits per heavy atom. The smallest absolute Gasteiger partial charge is 0.0858 e. The topological polar surface area (TPSA) is 36.8 Å². The minimum atomic E-state index is 0.797. The second-order valence-electron chi connectivity index (χ2n) is 2.88. The predicted molar refractivity (Wildman–Crippen MR) is 63.5 cm³/mol. The molecule has 0 aliphatic heterocycles. The van der Waals surface area contributed by atoms with Crippen LogP contribution in [-0.2, 0) is 0 Å². The van der Waals surface area contributed by atoms with Crippen molar-refractivity contribution in [2.75, 3.05) is 0 Å². The highest BCUT2D eigenvalue weighted by Crippen LogP contribution is 2.01.